The van der Waals surface area contributed by atoms with Gasteiger partial charge in [-0.05, 0) is 55.0 Å². The Morgan fingerprint density at radius 1 is 0.891 bits per heavy atom. The molecular formula is C38H29F8N5O4. The van der Waals surface area contributed by atoms with Crippen LogP contribution in [0.25, 0.3) is 5.69 Å². The zero-order valence-electron chi connectivity index (χ0n) is 28.8. The molecule has 0 fully saturated rings. The van der Waals surface area contributed by atoms with Gasteiger partial charge in [0, 0.05) is 36.7 Å². The Bertz CT molecular complexity index is 2240. The van der Waals surface area contributed by atoms with Crippen LogP contribution in [0, 0.1) is 29.1 Å². The van der Waals surface area contributed by atoms with Crippen LogP contribution in [-0.2, 0) is 22.3 Å². The Labute approximate surface area is 307 Å². The number of nitrogens with zero attached hydrogens (tertiary/aromatic N) is 4. The van der Waals surface area contributed by atoms with Gasteiger partial charge in [0.05, 0.1) is 23.5 Å². The molecule has 0 saturated heterocycles. The number of alkyl halides is 3. The van der Waals surface area contributed by atoms with Crippen LogP contribution in [0.15, 0.2) is 84.9 Å². The summed E-state index contributed by atoms with van der Waals surface area (Å²) >= 11 is 0. The number of nitrogens with one attached hydrogen (secondary N) is 1. The molecule has 1 aliphatic heterocycles. The number of amides is 3. The van der Waals surface area contributed by atoms with Crippen molar-refractivity contribution in [2.75, 3.05) is 25.1 Å². The van der Waals surface area contributed by atoms with Gasteiger partial charge >= 0.3 is 6.18 Å². The maximum Gasteiger partial charge on any atom is 0.416 e. The number of hydrogen-bond acceptors (Lipinski definition) is 5. The first-order valence-corrected chi connectivity index (χ1v) is 16.5. The van der Waals surface area contributed by atoms with E-state index in [1.807, 2.05) is 0 Å². The molecule has 286 valence electrons. The highest BCUT2D eigenvalue weighted by Crippen LogP contribution is 2.44. The van der Waals surface area contributed by atoms with Crippen LogP contribution in [0.4, 0.5) is 40.9 Å². The van der Waals surface area contributed by atoms with Crippen LogP contribution in [0.1, 0.15) is 45.6 Å². The molecule has 0 saturated carbocycles. The van der Waals surface area contributed by atoms with Crippen molar-refractivity contribution in [2.45, 2.75) is 31.6 Å². The number of carbonyl (C=O) groups is 3. The third kappa shape index (κ3) is 7.59. The fourth-order valence-electron chi connectivity index (χ4n) is 6.27. The third-order valence-electron chi connectivity index (χ3n) is 8.91. The second kappa shape index (κ2) is 15.2. The Kier molecular flexibility index (Phi) is 10.7. The highest BCUT2D eigenvalue weighted by Gasteiger charge is 2.46. The number of fused-ring (bicyclic) bond motifs is 1. The Hall–Kier alpha value is -6.26. The number of carbonyl (C=O) groups excluding carboxylic acids is 3. The molecule has 3 amide bonds. The monoisotopic (exact) mass is 771 g/mol. The SMILES string of the molecule is CCN1C(=O)[C@@H](NC(=O)c2cccc(C(F)(F)F)c2)[C@@H](c2ccc(F)cc2)c2c(CN(C)C(=O)COc3c(F)c(F)cc(F)c3F)nn(-c3ccccc3)c21. The average molecular weight is 772 g/mol. The molecule has 1 aliphatic rings. The zero-order valence-corrected chi connectivity index (χ0v) is 28.8. The summed E-state index contributed by atoms with van der Waals surface area (Å²) in [5, 5.41) is 7.33. The second-order valence-corrected chi connectivity index (χ2v) is 12.4. The van der Waals surface area contributed by atoms with Gasteiger partial charge in [-0.2, -0.15) is 27.1 Å². The number of aromatic nitrogens is 2. The van der Waals surface area contributed by atoms with Gasteiger partial charge in [-0.25, -0.2) is 17.9 Å². The number of anilines is 1. The maximum absolute atomic E-state index is 14.4. The summed E-state index contributed by atoms with van der Waals surface area (Å²) in [6, 6.07) is 15.5. The summed E-state index contributed by atoms with van der Waals surface area (Å²) in [6.45, 7) is 0.171. The molecule has 5 aromatic rings. The van der Waals surface area contributed by atoms with E-state index in [1.54, 1.807) is 37.3 Å². The highest BCUT2D eigenvalue weighted by molar-refractivity contribution is 6.05. The first-order valence-electron chi connectivity index (χ1n) is 16.5. The smallest absolute Gasteiger partial charge is 0.416 e. The van der Waals surface area contributed by atoms with Gasteiger partial charge in [-0.3, -0.25) is 19.3 Å². The van der Waals surface area contributed by atoms with Gasteiger partial charge in [-0.1, -0.05) is 36.4 Å². The third-order valence-corrected chi connectivity index (χ3v) is 8.91. The lowest BCUT2D eigenvalue weighted by molar-refractivity contribution is -0.137. The zero-order chi connectivity index (χ0) is 39.8. The van der Waals surface area contributed by atoms with Gasteiger partial charge in [0.1, 0.15) is 17.7 Å². The Morgan fingerprint density at radius 2 is 1.55 bits per heavy atom. The van der Waals surface area contributed by atoms with Crippen molar-refractivity contribution in [1.82, 2.24) is 20.0 Å². The molecule has 2 heterocycles. The molecular weight excluding hydrogens is 742 g/mol. The lowest BCUT2D eigenvalue weighted by Gasteiger charge is -2.38. The summed E-state index contributed by atoms with van der Waals surface area (Å²) < 4.78 is 117. The predicted octanol–water partition coefficient (Wildman–Crippen LogP) is 6.92. The van der Waals surface area contributed by atoms with Crippen molar-refractivity contribution < 1.29 is 54.2 Å². The van der Waals surface area contributed by atoms with Crippen LogP contribution >= 0.6 is 0 Å². The van der Waals surface area contributed by atoms with Gasteiger partial charge in [-0.15, -0.1) is 0 Å². The lowest BCUT2D eigenvalue weighted by Crippen LogP contribution is -2.55. The Morgan fingerprint density at radius 3 is 2.16 bits per heavy atom. The number of halogens is 8. The van der Waals surface area contributed by atoms with Crippen molar-refractivity contribution in [3.63, 3.8) is 0 Å². The van der Waals surface area contributed by atoms with Crippen LogP contribution in [0.2, 0.25) is 0 Å². The molecule has 1 N–H and O–H groups in total. The van der Waals surface area contributed by atoms with Gasteiger partial charge in [0.15, 0.2) is 24.0 Å². The molecule has 6 rings (SSSR count). The van der Waals surface area contributed by atoms with E-state index in [-0.39, 0.29) is 41.8 Å². The molecule has 17 heteroatoms. The molecule has 0 spiro atoms. The average Bonchev–Trinajstić information content (AvgIpc) is 3.52. The van der Waals surface area contributed by atoms with Crippen molar-refractivity contribution in [3.05, 3.63) is 142 Å². The van der Waals surface area contributed by atoms with Crippen LogP contribution in [0.3, 0.4) is 0 Å². The molecule has 0 aliphatic carbocycles. The van der Waals surface area contributed by atoms with E-state index in [9.17, 15) is 49.5 Å². The Balaban J connectivity index is 1.45. The minimum absolute atomic E-state index is 0.000198. The van der Waals surface area contributed by atoms with E-state index in [0.717, 1.165) is 35.2 Å². The number of hydrogen-bond donors (Lipinski definition) is 1. The number of benzene rings is 4. The summed E-state index contributed by atoms with van der Waals surface area (Å²) in [5.74, 6) is -12.9. The van der Waals surface area contributed by atoms with Crippen molar-refractivity contribution >= 4 is 23.5 Å². The van der Waals surface area contributed by atoms with Gasteiger partial charge in [0.2, 0.25) is 11.6 Å². The van der Waals surface area contributed by atoms with Gasteiger partial charge in [0.25, 0.3) is 17.7 Å². The molecule has 0 unspecified atom stereocenters. The van der Waals surface area contributed by atoms with Gasteiger partial charge < -0.3 is 15.0 Å². The maximum atomic E-state index is 14.4. The summed E-state index contributed by atoms with van der Waals surface area (Å²) in [6.07, 6.45) is -4.77. The van der Waals surface area contributed by atoms with Crippen LogP contribution in [0.5, 0.6) is 5.75 Å². The van der Waals surface area contributed by atoms with Crippen LogP contribution in [-0.4, -0.2) is 58.6 Å². The summed E-state index contributed by atoms with van der Waals surface area (Å²) in [5.41, 5.74) is -0.383. The fourth-order valence-corrected chi connectivity index (χ4v) is 6.27. The molecule has 55 heavy (non-hydrogen) atoms. The molecule has 4 aromatic carbocycles. The first-order chi connectivity index (χ1) is 26.1. The lowest BCUT2D eigenvalue weighted by atomic mass is 9.80. The number of rotatable bonds is 10. The van der Waals surface area contributed by atoms with E-state index >= 15 is 0 Å². The van der Waals surface area contributed by atoms with Crippen molar-refractivity contribution in [3.8, 4) is 11.4 Å². The summed E-state index contributed by atoms with van der Waals surface area (Å²) in [7, 11) is 1.27. The highest BCUT2D eigenvalue weighted by atomic mass is 19.4. The second-order valence-electron chi connectivity index (χ2n) is 12.4. The first kappa shape index (κ1) is 38.5. The number of likely N-dealkylation sites (N-methyl/N-ethyl adjacent to an activating group) is 2. The van der Waals surface area contributed by atoms with Crippen LogP contribution < -0.4 is 15.0 Å². The van der Waals surface area contributed by atoms with E-state index in [2.05, 4.69) is 5.32 Å². The summed E-state index contributed by atoms with van der Waals surface area (Å²) in [4.78, 5) is 43.7. The minimum atomic E-state index is -4.77. The molecule has 9 nitrogen and oxygen atoms in total. The molecule has 1 aromatic heterocycles. The van der Waals surface area contributed by atoms with E-state index in [1.165, 1.54) is 28.8 Å². The quantitative estimate of drug-likeness (QED) is 0.123. The number of para-hydroxylation sites is 1. The van der Waals surface area contributed by atoms with Crippen molar-refractivity contribution in [2.24, 2.45) is 0 Å². The fraction of sp³-hybridized carbons (Fsp3) is 0.211. The van der Waals surface area contributed by atoms with E-state index in [4.69, 9.17) is 9.84 Å². The number of ether oxygens (including phenoxy) is 1. The van der Waals surface area contributed by atoms with Crippen molar-refractivity contribution in [1.29, 1.82) is 0 Å². The molecule has 0 bridgehead atoms. The normalized spacial score (nSPS) is 15.5. The largest absolute Gasteiger partial charge is 0.477 e. The predicted molar refractivity (Wildman–Crippen MR) is 181 cm³/mol. The van der Waals surface area contributed by atoms with E-state index in [0.29, 0.717) is 11.8 Å². The topological polar surface area (TPSA) is 96.8 Å². The standard InChI is InChI=1S/C38H29F8N5O4/c1-3-50-36-30(29(20-12-14-23(39)15-13-20)33(37(50)54)47-35(53)21-8-7-9-22(16-21)38(44,45)46)27(48-51(36)24-10-5-4-6-11-24)18-49(2)28(52)19-55-34-31(42)25(40)17-26(41)32(34)43/h4-17,29,33H,3,18-19H2,1-2H3,(H,47,53)/t29-,33-/m0/s1. The van der Waals surface area contributed by atoms with E-state index < -0.39 is 88.4 Å². The molecule has 0 radical (unpaired) electrons. The molecule has 2 atom stereocenters. The minimum Gasteiger partial charge on any atom is -0.477 e.